The highest BCUT2D eigenvalue weighted by Gasteiger charge is 2.35. The molecule has 0 radical (unpaired) electrons. The lowest BCUT2D eigenvalue weighted by Gasteiger charge is -2.43. The quantitative estimate of drug-likeness (QED) is 0.914. The van der Waals surface area contributed by atoms with Crippen molar-refractivity contribution >= 4 is 5.82 Å². The van der Waals surface area contributed by atoms with Crippen molar-refractivity contribution in [3.8, 4) is 0 Å². The molecule has 2 fully saturated rings. The van der Waals surface area contributed by atoms with E-state index in [2.05, 4.69) is 35.0 Å². The van der Waals surface area contributed by atoms with E-state index in [0.29, 0.717) is 12.1 Å². The van der Waals surface area contributed by atoms with Gasteiger partial charge in [0.25, 0.3) is 0 Å². The van der Waals surface area contributed by atoms with Crippen LogP contribution in [-0.4, -0.2) is 48.6 Å². The van der Waals surface area contributed by atoms with Gasteiger partial charge in [0.2, 0.25) is 0 Å². The number of fused-ring (bicyclic) bond motifs is 1. The van der Waals surface area contributed by atoms with Crippen molar-refractivity contribution in [3.63, 3.8) is 0 Å². The fraction of sp³-hybridized carbons (Fsp3) is 0.688. The third-order valence-electron chi connectivity index (χ3n) is 4.93. The molecule has 1 aromatic heterocycles. The van der Waals surface area contributed by atoms with Crippen LogP contribution in [0.2, 0.25) is 0 Å². The normalized spacial score (nSPS) is 28.4. The first-order valence-electron chi connectivity index (χ1n) is 7.83. The first-order chi connectivity index (χ1) is 9.70. The molecule has 0 amide bonds. The Bertz CT molecular complexity index is 462. The number of hydrogen-bond acceptors (Lipinski definition) is 4. The molecule has 3 heterocycles. The van der Waals surface area contributed by atoms with Crippen molar-refractivity contribution in [2.45, 2.75) is 44.8 Å². The van der Waals surface area contributed by atoms with Crippen LogP contribution in [0.4, 0.5) is 5.82 Å². The zero-order valence-electron chi connectivity index (χ0n) is 12.8. The van der Waals surface area contributed by atoms with Crippen LogP contribution in [0.3, 0.4) is 0 Å². The van der Waals surface area contributed by atoms with E-state index in [4.69, 9.17) is 4.98 Å². The van der Waals surface area contributed by atoms with Gasteiger partial charge in [0.15, 0.2) is 0 Å². The molecule has 3 rings (SSSR count). The van der Waals surface area contributed by atoms with Gasteiger partial charge in [-0.25, -0.2) is 4.98 Å². The van der Waals surface area contributed by atoms with Crippen LogP contribution >= 0.6 is 0 Å². The smallest absolute Gasteiger partial charge is 0.133 e. The fourth-order valence-corrected chi connectivity index (χ4v) is 3.63. The van der Waals surface area contributed by atoms with Gasteiger partial charge < -0.3 is 10.2 Å². The number of pyridine rings is 1. The zero-order chi connectivity index (χ0) is 14.1. The van der Waals surface area contributed by atoms with E-state index in [1.54, 1.807) is 0 Å². The minimum Gasteiger partial charge on any atom is -0.351 e. The van der Waals surface area contributed by atoms with E-state index in [-0.39, 0.29) is 0 Å². The van der Waals surface area contributed by atoms with E-state index < -0.39 is 0 Å². The monoisotopic (exact) mass is 274 g/mol. The number of hydrogen-bond donors (Lipinski definition) is 1. The van der Waals surface area contributed by atoms with Crippen LogP contribution in [0.1, 0.15) is 38.3 Å². The molecule has 110 valence electrons. The summed E-state index contributed by atoms with van der Waals surface area (Å²) in [6.45, 7) is 8.12. The van der Waals surface area contributed by atoms with Crippen molar-refractivity contribution in [1.82, 2.24) is 15.2 Å². The van der Waals surface area contributed by atoms with Crippen molar-refractivity contribution in [2.24, 2.45) is 0 Å². The lowest BCUT2D eigenvalue weighted by atomic mass is 10.0. The van der Waals surface area contributed by atoms with Gasteiger partial charge in [-0.2, -0.15) is 0 Å². The summed E-state index contributed by atoms with van der Waals surface area (Å²) in [5, 5.41) is 3.34. The minimum atomic E-state index is 0.340. The highest BCUT2D eigenvalue weighted by molar-refractivity contribution is 5.50. The molecule has 3 atom stereocenters. The second-order valence-electron chi connectivity index (χ2n) is 6.22. The number of nitrogens with one attached hydrogen (secondary N) is 1. The second kappa shape index (κ2) is 5.70. The Morgan fingerprint density at radius 3 is 3.05 bits per heavy atom. The summed E-state index contributed by atoms with van der Waals surface area (Å²) in [5.74, 6) is 1.17. The van der Waals surface area contributed by atoms with Crippen LogP contribution in [0.15, 0.2) is 18.3 Å². The van der Waals surface area contributed by atoms with Crippen LogP contribution in [0.5, 0.6) is 0 Å². The van der Waals surface area contributed by atoms with Crippen LogP contribution in [0, 0.1) is 0 Å². The maximum Gasteiger partial charge on any atom is 0.133 e. The van der Waals surface area contributed by atoms with Gasteiger partial charge in [0.05, 0.1) is 0 Å². The molecule has 2 aliphatic rings. The number of anilines is 1. The molecule has 4 nitrogen and oxygen atoms in total. The number of rotatable bonds is 3. The Balaban J connectivity index is 1.88. The highest BCUT2D eigenvalue weighted by atomic mass is 15.3. The molecule has 4 heteroatoms. The first-order valence-corrected chi connectivity index (χ1v) is 7.83. The van der Waals surface area contributed by atoms with Crippen molar-refractivity contribution < 1.29 is 0 Å². The molecule has 1 aromatic rings. The summed E-state index contributed by atoms with van der Waals surface area (Å²) in [7, 11) is 2.01. The molecular weight excluding hydrogens is 248 g/mol. The Kier molecular flexibility index (Phi) is 3.94. The molecular formula is C16H26N4. The molecule has 2 saturated heterocycles. The van der Waals surface area contributed by atoms with Crippen LogP contribution in [-0.2, 0) is 0 Å². The van der Waals surface area contributed by atoms with Crippen LogP contribution in [0.25, 0.3) is 0 Å². The second-order valence-corrected chi connectivity index (χ2v) is 6.22. The molecule has 20 heavy (non-hydrogen) atoms. The van der Waals surface area contributed by atoms with E-state index >= 15 is 0 Å². The van der Waals surface area contributed by atoms with Gasteiger partial charge in [0.1, 0.15) is 5.82 Å². The summed E-state index contributed by atoms with van der Waals surface area (Å²) < 4.78 is 0. The standard InChI is InChI=1S/C16H26N4/c1-12-10-19-9-5-6-14(19)11-20(12)16-15(13(2)17-3)7-4-8-18-16/h4,7-8,12-14,17H,5-6,9-11H2,1-3H3. The number of aromatic nitrogens is 1. The topological polar surface area (TPSA) is 31.4 Å². The van der Waals surface area contributed by atoms with Gasteiger partial charge >= 0.3 is 0 Å². The minimum absolute atomic E-state index is 0.340. The van der Waals surface area contributed by atoms with Gasteiger partial charge in [-0.05, 0) is 46.3 Å². The van der Waals surface area contributed by atoms with Crippen molar-refractivity contribution in [1.29, 1.82) is 0 Å². The summed E-state index contributed by atoms with van der Waals surface area (Å²) in [5.41, 5.74) is 1.31. The SMILES string of the molecule is CNC(C)c1cccnc1N1CC2CCCN2CC1C. The Morgan fingerprint density at radius 1 is 1.40 bits per heavy atom. The number of nitrogens with zero attached hydrogens (tertiary/aromatic N) is 3. The zero-order valence-corrected chi connectivity index (χ0v) is 12.8. The maximum atomic E-state index is 4.70. The van der Waals surface area contributed by atoms with Crippen LogP contribution < -0.4 is 10.2 Å². The molecule has 1 N–H and O–H groups in total. The Morgan fingerprint density at radius 2 is 2.25 bits per heavy atom. The van der Waals surface area contributed by atoms with E-state index in [1.165, 1.54) is 37.3 Å². The first kappa shape index (κ1) is 13.8. The fourth-order valence-electron chi connectivity index (χ4n) is 3.63. The summed E-state index contributed by atoms with van der Waals surface area (Å²) >= 11 is 0. The van der Waals surface area contributed by atoms with E-state index in [0.717, 1.165) is 12.6 Å². The lowest BCUT2D eigenvalue weighted by molar-refractivity contribution is 0.202. The third-order valence-corrected chi connectivity index (χ3v) is 4.93. The molecule has 0 saturated carbocycles. The van der Waals surface area contributed by atoms with Crippen molar-refractivity contribution in [2.75, 3.05) is 31.6 Å². The predicted octanol–water partition coefficient (Wildman–Crippen LogP) is 2.03. The van der Waals surface area contributed by atoms with Gasteiger partial charge in [-0.1, -0.05) is 6.07 Å². The molecule has 0 aromatic carbocycles. The Hall–Kier alpha value is -1.13. The lowest BCUT2D eigenvalue weighted by Crippen LogP contribution is -2.55. The van der Waals surface area contributed by atoms with E-state index in [9.17, 15) is 0 Å². The summed E-state index contributed by atoms with van der Waals surface area (Å²) in [6.07, 6.45) is 4.62. The number of piperazine rings is 1. The molecule has 0 bridgehead atoms. The average Bonchev–Trinajstić information content (AvgIpc) is 2.92. The molecule has 0 aliphatic carbocycles. The largest absolute Gasteiger partial charge is 0.351 e. The van der Waals surface area contributed by atoms with E-state index in [1.807, 2.05) is 19.3 Å². The van der Waals surface area contributed by atoms with Crippen molar-refractivity contribution in [3.05, 3.63) is 23.9 Å². The highest BCUT2D eigenvalue weighted by Crippen LogP contribution is 2.31. The predicted molar refractivity (Wildman–Crippen MR) is 83.1 cm³/mol. The molecule has 0 spiro atoms. The molecule has 3 unspecified atom stereocenters. The molecule has 2 aliphatic heterocycles. The third kappa shape index (κ3) is 2.42. The van der Waals surface area contributed by atoms with Gasteiger partial charge in [-0.15, -0.1) is 0 Å². The van der Waals surface area contributed by atoms with Gasteiger partial charge in [0, 0.05) is 43.0 Å². The maximum absolute atomic E-state index is 4.70. The van der Waals surface area contributed by atoms with Gasteiger partial charge in [-0.3, -0.25) is 4.90 Å². The summed E-state index contributed by atoms with van der Waals surface area (Å²) in [6, 6.07) is 5.86. The Labute approximate surface area is 122 Å². The average molecular weight is 274 g/mol. The summed E-state index contributed by atoms with van der Waals surface area (Å²) in [4.78, 5) is 9.88.